The molecule has 9 nitrogen and oxygen atoms in total. The van der Waals surface area contributed by atoms with Crippen molar-refractivity contribution in [1.29, 1.82) is 0 Å². The third-order valence-electron chi connectivity index (χ3n) is 8.31. The zero-order valence-corrected chi connectivity index (χ0v) is 22.1. The number of imidazole rings is 1. The number of aromatic amines is 1. The average molecular weight is 514 g/mol. The van der Waals surface area contributed by atoms with Crippen LogP contribution in [-0.2, 0) is 6.54 Å². The zero-order chi connectivity index (χ0) is 26.1. The van der Waals surface area contributed by atoms with E-state index in [4.69, 9.17) is 19.5 Å². The maximum Gasteiger partial charge on any atom is 0.439 e. The Labute approximate surface area is 221 Å². The lowest BCUT2D eigenvalue weighted by Crippen LogP contribution is -2.31. The van der Waals surface area contributed by atoms with E-state index in [0.717, 1.165) is 35.2 Å². The molecule has 9 heteroatoms. The summed E-state index contributed by atoms with van der Waals surface area (Å²) >= 11 is 0. The van der Waals surface area contributed by atoms with E-state index < -0.39 is 5.76 Å². The van der Waals surface area contributed by atoms with Gasteiger partial charge in [0, 0.05) is 12.6 Å². The third-order valence-corrected chi connectivity index (χ3v) is 8.31. The SMILES string of the molecule is CC1CCC(Cn2c(/C=C/c3ccccc3)nc3nc(-c4noc(=O)[nH]4)nc(N[C@H](C)C4CCC4)c32)CC1. The van der Waals surface area contributed by atoms with Gasteiger partial charge in [0.2, 0.25) is 11.6 Å². The van der Waals surface area contributed by atoms with Crippen molar-refractivity contribution >= 4 is 29.1 Å². The summed E-state index contributed by atoms with van der Waals surface area (Å²) in [7, 11) is 0. The topological polar surface area (TPSA) is 115 Å². The summed E-state index contributed by atoms with van der Waals surface area (Å²) < 4.78 is 7.04. The fraction of sp³-hybridized carbons (Fsp3) is 0.483. The van der Waals surface area contributed by atoms with Gasteiger partial charge in [-0.05, 0) is 62.0 Å². The fourth-order valence-electron chi connectivity index (χ4n) is 5.68. The summed E-state index contributed by atoms with van der Waals surface area (Å²) in [6, 6.07) is 10.5. The predicted molar refractivity (Wildman–Crippen MR) is 148 cm³/mol. The van der Waals surface area contributed by atoms with Gasteiger partial charge in [-0.25, -0.2) is 19.7 Å². The van der Waals surface area contributed by atoms with Crippen LogP contribution in [0.3, 0.4) is 0 Å². The van der Waals surface area contributed by atoms with Crippen LogP contribution in [0.1, 0.15) is 70.2 Å². The number of anilines is 1. The Morgan fingerprint density at radius 2 is 1.87 bits per heavy atom. The maximum atomic E-state index is 11.7. The minimum atomic E-state index is -0.635. The van der Waals surface area contributed by atoms with E-state index in [2.05, 4.69) is 58.2 Å². The Morgan fingerprint density at radius 1 is 1.08 bits per heavy atom. The monoisotopic (exact) mass is 513 g/mol. The molecule has 0 aliphatic heterocycles. The van der Waals surface area contributed by atoms with Crippen LogP contribution in [0.25, 0.3) is 35.0 Å². The smallest absolute Gasteiger partial charge is 0.365 e. The van der Waals surface area contributed by atoms with Crippen molar-refractivity contribution in [3.8, 4) is 11.6 Å². The molecule has 1 aromatic carbocycles. The number of hydrogen-bond acceptors (Lipinski definition) is 7. The van der Waals surface area contributed by atoms with Gasteiger partial charge in [0.1, 0.15) is 11.3 Å². The second kappa shape index (κ2) is 10.6. The van der Waals surface area contributed by atoms with E-state index in [1.54, 1.807) is 0 Å². The van der Waals surface area contributed by atoms with Crippen molar-refractivity contribution in [2.75, 3.05) is 5.32 Å². The van der Waals surface area contributed by atoms with Crippen LogP contribution in [0.2, 0.25) is 0 Å². The molecular formula is C29H35N7O2. The van der Waals surface area contributed by atoms with Gasteiger partial charge in [0.05, 0.1) is 0 Å². The highest BCUT2D eigenvalue weighted by Crippen LogP contribution is 2.35. The molecule has 2 aliphatic rings. The molecule has 2 N–H and O–H groups in total. The van der Waals surface area contributed by atoms with Gasteiger partial charge >= 0.3 is 5.76 Å². The molecule has 0 spiro atoms. The highest BCUT2D eigenvalue weighted by Gasteiger charge is 2.28. The summed E-state index contributed by atoms with van der Waals surface area (Å²) in [4.78, 5) is 28.8. The molecule has 6 rings (SSSR count). The quantitative estimate of drug-likeness (QED) is 0.307. The van der Waals surface area contributed by atoms with Crippen molar-refractivity contribution in [2.45, 2.75) is 71.4 Å². The van der Waals surface area contributed by atoms with Crippen LogP contribution < -0.4 is 11.1 Å². The van der Waals surface area contributed by atoms with Gasteiger partial charge in [0.25, 0.3) is 0 Å². The minimum Gasteiger partial charge on any atom is -0.365 e. The first kappa shape index (κ1) is 24.6. The minimum absolute atomic E-state index is 0.202. The number of nitrogens with one attached hydrogen (secondary N) is 2. The highest BCUT2D eigenvalue weighted by atomic mass is 16.5. The van der Waals surface area contributed by atoms with E-state index in [1.807, 2.05) is 18.2 Å². The summed E-state index contributed by atoms with van der Waals surface area (Å²) in [6.07, 6.45) is 12.8. The number of benzene rings is 1. The van der Waals surface area contributed by atoms with E-state index in [1.165, 1.54) is 44.9 Å². The number of nitrogens with zero attached hydrogens (tertiary/aromatic N) is 5. The molecule has 198 valence electrons. The molecule has 0 saturated heterocycles. The molecule has 0 amide bonds. The molecule has 2 saturated carbocycles. The van der Waals surface area contributed by atoms with Crippen molar-refractivity contribution < 1.29 is 4.52 Å². The summed E-state index contributed by atoms with van der Waals surface area (Å²) in [6.45, 7) is 5.44. The first-order valence-electron chi connectivity index (χ1n) is 13.9. The standard InChI is InChI=1S/C29H35N7O2/c1-18-11-13-21(14-12-18)17-36-23(16-15-20-7-4-3-5-8-20)31-26-24(36)25(30-19(2)22-9-6-10-22)32-27(33-26)28-34-29(37)38-35-28/h3-5,7-8,15-16,18-19,21-22H,6,9-14,17H2,1-2H3,(H,30,32,33)(H,34,35,37)/b16-15+/t18?,19-,21?/m1/s1. The van der Waals surface area contributed by atoms with Crippen LogP contribution in [0.4, 0.5) is 5.82 Å². The summed E-state index contributed by atoms with van der Waals surface area (Å²) in [5.74, 6) is 3.42. The Balaban J connectivity index is 1.47. The molecule has 3 aromatic heterocycles. The Hall–Kier alpha value is -3.75. The van der Waals surface area contributed by atoms with Crippen LogP contribution in [-0.4, -0.2) is 35.7 Å². The number of H-pyrrole nitrogens is 1. The van der Waals surface area contributed by atoms with Crippen molar-refractivity contribution in [3.05, 3.63) is 52.3 Å². The second-order valence-electron chi connectivity index (χ2n) is 11.1. The lowest BCUT2D eigenvalue weighted by Gasteiger charge is -2.32. The summed E-state index contributed by atoms with van der Waals surface area (Å²) in [5.41, 5.74) is 2.60. The van der Waals surface area contributed by atoms with E-state index in [9.17, 15) is 4.79 Å². The predicted octanol–water partition coefficient (Wildman–Crippen LogP) is 5.77. The van der Waals surface area contributed by atoms with Gasteiger partial charge in [-0.3, -0.25) is 9.51 Å². The molecule has 3 heterocycles. The van der Waals surface area contributed by atoms with E-state index in [-0.39, 0.29) is 11.9 Å². The average Bonchev–Trinajstić information content (AvgIpc) is 3.47. The van der Waals surface area contributed by atoms with Gasteiger partial charge in [0.15, 0.2) is 11.5 Å². The number of rotatable bonds is 8. The van der Waals surface area contributed by atoms with Crippen LogP contribution in [0.15, 0.2) is 39.6 Å². The van der Waals surface area contributed by atoms with Gasteiger partial charge < -0.3 is 9.88 Å². The van der Waals surface area contributed by atoms with Crippen LogP contribution >= 0.6 is 0 Å². The van der Waals surface area contributed by atoms with E-state index >= 15 is 0 Å². The Kier molecular flexibility index (Phi) is 6.82. The summed E-state index contributed by atoms with van der Waals surface area (Å²) in [5, 5.41) is 7.53. The Bertz CT molecular complexity index is 1470. The van der Waals surface area contributed by atoms with Crippen molar-refractivity contribution in [3.63, 3.8) is 0 Å². The van der Waals surface area contributed by atoms with Gasteiger partial charge in [-0.1, -0.05) is 67.8 Å². The highest BCUT2D eigenvalue weighted by molar-refractivity contribution is 5.87. The lowest BCUT2D eigenvalue weighted by molar-refractivity contribution is 0.266. The van der Waals surface area contributed by atoms with Gasteiger partial charge in [-0.15, -0.1) is 0 Å². The molecule has 1 atom stereocenters. The van der Waals surface area contributed by atoms with Gasteiger partial charge in [-0.2, -0.15) is 0 Å². The largest absolute Gasteiger partial charge is 0.439 e. The lowest BCUT2D eigenvalue weighted by atomic mass is 9.80. The first-order chi connectivity index (χ1) is 18.5. The maximum absolute atomic E-state index is 11.7. The molecule has 2 aliphatic carbocycles. The fourth-order valence-corrected chi connectivity index (χ4v) is 5.68. The second-order valence-corrected chi connectivity index (χ2v) is 11.1. The molecule has 2 fully saturated rings. The van der Waals surface area contributed by atoms with Crippen LogP contribution in [0, 0.1) is 17.8 Å². The molecular weight excluding hydrogens is 478 g/mol. The zero-order valence-electron chi connectivity index (χ0n) is 22.1. The first-order valence-corrected chi connectivity index (χ1v) is 13.9. The molecule has 4 aromatic rings. The normalized spacial score (nSPS) is 21.1. The molecule has 0 bridgehead atoms. The molecule has 0 unspecified atom stereocenters. The van der Waals surface area contributed by atoms with Crippen LogP contribution in [0.5, 0.6) is 0 Å². The van der Waals surface area contributed by atoms with Crippen molar-refractivity contribution in [1.82, 2.24) is 29.7 Å². The number of hydrogen-bond donors (Lipinski definition) is 2. The third kappa shape index (κ3) is 5.14. The Morgan fingerprint density at radius 3 is 2.55 bits per heavy atom. The molecule has 38 heavy (non-hydrogen) atoms. The number of aromatic nitrogens is 6. The van der Waals surface area contributed by atoms with Crippen molar-refractivity contribution in [2.24, 2.45) is 17.8 Å². The number of fused-ring (bicyclic) bond motifs is 1. The molecule has 0 radical (unpaired) electrons. The van der Waals surface area contributed by atoms with E-state index in [0.29, 0.717) is 23.3 Å².